The predicted octanol–water partition coefficient (Wildman–Crippen LogP) is 3.99. The van der Waals surface area contributed by atoms with Crippen LogP contribution in [0.4, 0.5) is 9.18 Å². The van der Waals surface area contributed by atoms with Crippen LogP contribution < -0.4 is 10.6 Å². The van der Waals surface area contributed by atoms with E-state index in [1.807, 2.05) is 0 Å². The molecule has 1 unspecified atom stereocenters. The smallest absolute Gasteiger partial charge is 0.319 e. The van der Waals surface area contributed by atoms with E-state index in [4.69, 9.17) is 11.6 Å². The zero-order chi connectivity index (χ0) is 17.3. The van der Waals surface area contributed by atoms with Crippen molar-refractivity contribution in [2.24, 2.45) is 0 Å². The average Bonchev–Trinajstić information content (AvgIpc) is 2.54. The molecule has 2 N–H and O–H groups in total. The molecule has 0 fully saturated rings. The molecule has 0 aromatic heterocycles. The van der Waals surface area contributed by atoms with E-state index in [1.54, 1.807) is 43.3 Å². The van der Waals surface area contributed by atoms with Gasteiger partial charge in [-0.2, -0.15) is 0 Å². The van der Waals surface area contributed by atoms with Crippen LogP contribution in [0.1, 0.15) is 28.9 Å². The Labute approximate surface area is 143 Å². The molecule has 0 bridgehead atoms. The SMILES string of the molecule is CC1=C(C(=O)c2ccc(Cl)cc2)C(c2cccc(F)c2)NC(=O)N1. The standard InChI is InChI=1S/C18H14ClFN2O2/c1-10-15(17(23)11-5-7-13(19)8-6-11)16(22-18(24)21-10)12-3-2-4-14(20)9-12/h2-9,16H,1H3,(H2,21,22,24). The molecule has 0 saturated carbocycles. The lowest BCUT2D eigenvalue weighted by Crippen LogP contribution is -2.45. The Hall–Kier alpha value is -2.66. The summed E-state index contributed by atoms with van der Waals surface area (Å²) in [6.45, 7) is 1.65. The first-order chi connectivity index (χ1) is 11.5. The van der Waals surface area contributed by atoms with Crippen molar-refractivity contribution in [3.63, 3.8) is 0 Å². The molecular formula is C18H14ClFN2O2. The highest BCUT2D eigenvalue weighted by atomic mass is 35.5. The van der Waals surface area contributed by atoms with E-state index in [0.29, 0.717) is 27.4 Å². The maximum atomic E-state index is 13.6. The molecule has 122 valence electrons. The van der Waals surface area contributed by atoms with E-state index >= 15 is 0 Å². The highest BCUT2D eigenvalue weighted by Gasteiger charge is 2.31. The summed E-state index contributed by atoms with van der Waals surface area (Å²) in [5.41, 5.74) is 1.74. The first-order valence-corrected chi connectivity index (χ1v) is 7.67. The number of ketones is 1. The second-order valence-corrected chi connectivity index (χ2v) is 5.90. The van der Waals surface area contributed by atoms with E-state index in [1.165, 1.54) is 12.1 Å². The zero-order valence-electron chi connectivity index (χ0n) is 12.8. The lowest BCUT2D eigenvalue weighted by molar-refractivity contribution is 0.102. The van der Waals surface area contributed by atoms with Crippen LogP contribution in [0.3, 0.4) is 0 Å². The van der Waals surface area contributed by atoms with Crippen molar-refractivity contribution in [2.75, 3.05) is 0 Å². The molecule has 0 radical (unpaired) electrons. The number of hydrogen-bond acceptors (Lipinski definition) is 2. The lowest BCUT2D eigenvalue weighted by Gasteiger charge is -2.28. The molecule has 2 aromatic rings. The van der Waals surface area contributed by atoms with Crippen LogP contribution in [0.25, 0.3) is 0 Å². The normalized spacial score (nSPS) is 17.3. The molecule has 1 aliphatic rings. The second kappa shape index (κ2) is 6.45. The molecular weight excluding hydrogens is 331 g/mol. The fourth-order valence-corrected chi connectivity index (χ4v) is 2.81. The molecule has 24 heavy (non-hydrogen) atoms. The van der Waals surface area contributed by atoms with Gasteiger partial charge in [0.1, 0.15) is 5.82 Å². The highest BCUT2D eigenvalue weighted by molar-refractivity contribution is 6.30. The third kappa shape index (κ3) is 3.16. The number of urea groups is 1. The van der Waals surface area contributed by atoms with E-state index in [9.17, 15) is 14.0 Å². The van der Waals surface area contributed by atoms with Gasteiger partial charge < -0.3 is 10.6 Å². The van der Waals surface area contributed by atoms with Crippen LogP contribution >= 0.6 is 11.6 Å². The number of Topliss-reactive ketones (excluding diaryl/α,β-unsaturated/α-hetero) is 1. The Morgan fingerprint density at radius 1 is 1.17 bits per heavy atom. The summed E-state index contributed by atoms with van der Waals surface area (Å²) in [4.78, 5) is 24.7. The highest BCUT2D eigenvalue weighted by Crippen LogP contribution is 2.30. The van der Waals surface area contributed by atoms with Gasteiger partial charge in [0.15, 0.2) is 5.78 Å². The Bertz CT molecular complexity index is 846. The zero-order valence-corrected chi connectivity index (χ0v) is 13.5. The average molecular weight is 345 g/mol. The Morgan fingerprint density at radius 2 is 1.88 bits per heavy atom. The Kier molecular flexibility index (Phi) is 4.36. The third-order valence-electron chi connectivity index (χ3n) is 3.80. The van der Waals surface area contributed by atoms with E-state index < -0.39 is 17.9 Å². The van der Waals surface area contributed by atoms with Gasteiger partial charge in [-0.3, -0.25) is 4.79 Å². The maximum Gasteiger partial charge on any atom is 0.319 e. The molecule has 3 rings (SSSR count). The minimum Gasteiger partial charge on any atom is -0.327 e. The third-order valence-corrected chi connectivity index (χ3v) is 4.05. The molecule has 2 amide bonds. The van der Waals surface area contributed by atoms with Gasteiger partial charge >= 0.3 is 6.03 Å². The summed E-state index contributed by atoms with van der Waals surface area (Å²) in [7, 11) is 0. The predicted molar refractivity (Wildman–Crippen MR) is 89.3 cm³/mol. The lowest BCUT2D eigenvalue weighted by atomic mass is 9.89. The molecule has 6 heteroatoms. The number of nitrogens with one attached hydrogen (secondary N) is 2. The minimum atomic E-state index is -0.724. The van der Waals surface area contributed by atoms with Crippen molar-refractivity contribution in [1.29, 1.82) is 0 Å². The monoisotopic (exact) mass is 344 g/mol. The van der Waals surface area contributed by atoms with Gasteiger partial charge in [0.2, 0.25) is 0 Å². The summed E-state index contributed by atoms with van der Waals surface area (Å²) >= 11 is 5.86. The van der Waals surface area contributed by atoms with Gasteiger partial charge in [-0.25, -0.2) is 9.18 Å². The van der Waals surface area contributed by atoms with Crippen LogP contribution in [-0.4, -0.2) is 11.8 Å². The molecule has 1 aliphatic heterocycles. The van der Waals surface area contributed by atoms with Crippen LogP contribution in [0.5, 0.6) is 0 Å². The molecule has 0 aliphatic carbocycles. The summed E-state index contributed by atoms with van der Waals surface area (Å²) in [5, 5.41) is 5.80. The molecule has 1 heterocycles. The number of rotatable bonds is 3. The van der Waals surface area contributed by atoms with Gasteiger partial charge in [0.25, 0.3) is 0 Å². The molecule has 4 nitrogen and oxygen atoms in total. The van der Waals surface area contributed by atoms with Crippen molar-refractivity contribution in [3.8, 4) is 0 Å². The number of carbonyl (C=O) groups is 2. The first-order valence-electron chi connectivity index (χ1n) is 7.29. The van der Waals surface area contributed by atoms with Crippen molar-refractivity contribution >= 4 is 23.4 Å². The molecule has 0 saturated heterocycles. The van der Waals surface area contributed by atoms with Crippen LogP contribution in [0, 0.1) is 5.82 Å². The number of halogens is 2. The second-order valence-electron chi connectivity index (χ2n) is 5.46. The number of carbonyl (C=O) groups excluding carboxylic acids is 2. The summed E-state index contributed by atoms with van der Waals surface area (Å²) in [5.74, 6) is -0.692. The van der Waals surface area contributed by atoms with Crippen molar-refractivity contribution < 1.29 is 14.0 Å². The summed E-state index contributed by atoms with van der Waals surface area (Å²) in [6.07, 6.45) is 0. The maximum absolute atomic E-state index is 13.6. The fraction of sp³-hybridized carbons (Fsp3) is 0.111. The minimum absolute atomic E-state index is 0.258. The number of hydrogen-bond donors (Lipinski definition) is 2. The van der Waals surface area contributed by atoms with Crippen LogP contribution in [0.2, 0.25) is 5.02 Å². The molecule has 0 spiro atoms. The Morgan fingerprint density at radius 3 is 2.54 bits per heavy atom. The van der Waals surface area contributed by atoms with Gasteiger partial charge in [-0.1, -0.05) is 23.7 Å². The number of amides is 2. The number of allylic oxidation sites excluding steroid dienone is 1. The van der Waals surface area contributed by atoms with Crippen LogP contribution in [-0.2, 0) is 0 Å². The van der Waals surface area contributed by atoms with Crippen molar-refractivity contribution in [1.82, 2.24) is 10.6 Å². The van der Waals surface area contributed by atoms with Gasteiger partial charge in [-0.05, 0) is 48.9 Å². The summed E-state index contributed by atoms with van der Waals surface area (Å²) in [6, 6.07) is 11.1. The van der Waals surface area contributed by atoms with Gasteiger partial charge in [-0.15, -0.1) is 0 Å². The Balaban J connectivity index is 2.06. The van der Waals surface area contributed by atoms with Crippen LogP contribution in [0.15, 0.2) is 59.8 Å². The quantitative estimate of drug-likeness (QED) is 0.827. The van der Waals surface area contributed by atoms with Gasteiger partial charge in [0.05, 0.1) is 6.04 Å². The fourth-order valence-electron chi connectivity index (χ4n) is 2.69. The first kappa shape index (κ1) is 16.2. The van der Waals surface area contributed by atoms with Gasteiger partial charge in [0, 0.05) is 21.9 Å². The van der Waals surface area contributed by atoms with Crippen molar-refractivity contribution in [2.45, 2.75) is 13.0 Å². The van der Waals surface area contributed by atoms with E-state index in [-0.39, 0.29) is 5.78 Å². The van der Waals surface area contributed by atoms with Crippen molar-refractivity contribution in [3.05, 3.63) is 81.8 Å². The molecule has 2 aromatic carbocycles. The molecule has 1 atom stereocenters. The summed E-state index contributed by atoms with van der Waals surface area (Å²) < 4.78 is 13.6. The van der Waals surface area contributed by atoms with E-state index in [0.717, 1.165) is 0 Å². The topological polar surface area (TPSA) is 58.2 Å². The van der Waals surface area contributed by atoms with E-state index in [2.05, 4.69) is 10.6 Å². The largest absolute Gasteiger partial charge is 0.327 e. The number of benzene rings is 2.